The molecule has 6 heteroatoms. The highest BCUT2D eigenvalue weighted by molar-refractivity contribution is 6.30. The van der Waals surface area contributed by atoms with Crippen LogP contribution in [-0.2, 0) is 11.2 Å². The Hall–Kier alpha value is -3.05. The lowest BCUT2D eigenvalue weighted by molar-refractivity contribution is 0.0443. The Balaban J connectivity index is 1.42. The summed E-state index contributed by atoms with van der Waals surface area (Å²) >= 11 is 5.97. The van der Waals surface area contributed by atoms with Crippen LogP contribution in [0.1, 0.15) is 50.0 Å². The number of H-pyrrole nitrogens is 1. The van der Waals surface area contributed by atoms with E-state index in [-0.39, 0.29) is 24.9 Å². The molecule has 4 rings (SSSR count). The molecule has 0 spiro atoms. The molecule has 1 aliphatic rings. The van der Waals surface area contributed by atoms with E-state index in [1.54, 1.807) is 6.92 Å². The third kappa shape index (κ3) is 4.26. The standard InChI is InChI=1S/C24H22ClNO4/c1-15-22-20(13-17(14-21(22)27)16-7-9-18(25)10-8-16)26-23(15)24(28)30-12-11-29-19-5-3-2-4-6-19/h2-10,17,26H,11-14H2,1H3/t17-/m0/s1. The maximum absolute atomic E-state index is 12.8. The molecule has 30 heavy (non-hydrogen) atoms. The second-order valence-electron chi connectivity index (χ2n) is 7.36. The van der Waals surface area contributed by atoms with E-state index in [1.165, 1.54) is 0 Å². The summed E-state index contributed by atoms with van der Waals surface area (Å²) in [4.78, 5) is 28.5. The van der Waals surface area contributed by atoms with Gasteiger partial charge in [0.25, 0.3) is 0 Å². The van der Waals surface area contributed by atoms with E-state index in [9.17, 15) is 9.59 Å². The Kier molecular flexibility index (Phi) is 5.91. The fourth-order valence-electron chi connectivity index (χ4n) is 3.89. The van der Waals surface area contributed by atoms with Crippen molar-refractivity contribution < 1.29 is 19.1 Å². The summed E-state index contributed by atoms with van der Waals surface area (Å²) < 4.78 is 10.9. The number of hydrogen-bond donors (Lipinski definition) is 1. The minimum absolute atomic E-state index is 0.0383. The molecular weight excluding hydrogens is 402 g/mol. The number of para-hydroxylation sites is 1. The molecule has 0 fully saturated rings. The van der Waals surface area contributed by atoms with Gasteiger partial charge in [-0.15, -0.1) is 0 Å². The molecule has 1 aliphatic carbocycles. The average Bonchev–Trinajstić information content (AvgIpc) is 3.09. The predicted octanol–water partition coefficient (Wildman–Crippen LogP) is 5.13. The molecule has 0 unspecified atom stereocenters. The highest BCUT2D eigenvalue weighted by Crippen LogP contribution is 2.35. The summed E-state index contributed by atoms with van der Waals surface area (Å²) in [6, 6.07) is 16.9. The molecule has 1 atom stereocenters. The molecule has 0 saturated carbocycles. The summed E-state index contributed by atoms with van der Waals surface area (Å²) in [5, 5.41) is 0.665. The number of ether oxygens (including phenoxy) is 2. The van der Waals surface area contributed by atoms with Crippen molar-refractivity contribution in [1.29, 1.82) is 0 Å². The van der Waals surface area contributed by atoms with E-state index in [2.05, 4.69) is 4.98 Å². The van der Waals surface area contributed by atoms with Crippen molar-refractivity contribution in [1.82, 2.24) is 4.98 Å². The monoisotopic (exact) mass is 423 g/mol. The van der Waals surface area contributed by atoms with Gasteiger partial charge in [-0.2, -0.15) is 0 Å². The summed E-state index contributed by atoms with van der Waals surface area (Å²) in [6.07, 6.45) is 1.07. The molecule has 1 aromatic heterocycles. The van der Waals surface area contributed by atoms with E-state index < -0.39 is 5.97 Å². The summed E-state index contributed by atoms with van der Waals surface area (Å²) in [6.45, 7) is 2.16. The van der Waals surface area contributed by atoms with Crippen molar-refractivity contribution in [3.05, 3.63) is 87.7 Å². The highest BCUT2D eigenvalue weighted by atomic mass is 35.5. The first-order valence-corrected chi connectivity index (χ1v) is 10.3. The molecular formula is C24H22ClNO4. The molecule has 0 amide bonds. The Morgan fingerprint density at radius 1 is 1.07 bits per heavy atom. The zero-order valence-electron chi connectivity index (χ0n) is 16.6. The topological polar surface area (TPSA) is 68.4 Å². The van der Waals surface area contributed by atoms with Crippen LogP contribution in [0.4, 0.5) is 0 Å². The molecule has 1 heterocycles. The van der Waals surface area contributed by atoms with E-state index >= 15 is 0 Å². The number of benzene rings is 2. The average molecular weight is 424 g/mol. The van der Waals surface area contributed by atoms with E-state index in [0.29, 0.717) is 34.7 Å². The van der Waals surface area contributed by atoms with Crippen LogP contribution in [-0.4, -0.2) is 30.0 Å². The van der Waals surface area contributed by atoms with Gasteiger partial charge >= 0.3 is 5.97 Å². The van der Waals surface area contributed by atoms with Crippen LogP contribution in [0.3, 0.4) is 0 Å². The number of halogens is 1. The number of Topliss-reactive ketones (excluding diaryl/α,β-unsaturated/α-hetero) is 1. The Labute approximate surface area is 180 Å². The van der Waals surface area contributed by atoms with Gasteiger partial charge in [-0.3, -0.25) is 4.79 Å². The number of ketones is 1. The molecule has 3 aromatic rings. The number of aromatic amines is 1. The van der Waals surface area contributed by atoms with Gasteiger partial charge in [-0.05, 0) is 54.7 Å². The lowest BCUT2D eigenvalue weighted by atomic mass is 9.81. The molecule has 0 bridgehead atoms. The van der Waals surface area contributed by atoms with E-state index in [0.717, 1.165) is 17.0 Å². The second-order valence-corrected chi connectivity index (χ2v) is 7.79. The second kappa shape index (κ2) is 8.76. The number of carbonyl (C=O) groups excluding carboxylic acids is 2. The fourth-order valence-corrected chi connectivity index (χ4v) is 4.02. The first-order valence-electron chi connectivity index (χ1n) is 9.88. The quantitative estimate of drug-likeness (QED) is 0.441. The molecule has 1 N–H and O–H groups in total. The minimum atomic E-state index is -0.477. The number of hydrogen-bond acceptors (Lipinski definition) is 4. The fraction of sp³-hybridized carbons (Fsp3) is 0.250. The normalized spacial score (nSPS) is 15.5. The van der Waals surface area contributed by atoms with Gasteiger partial charge < -0.3 is 14.5 Å². The number of carbonyl (C=O) groups is 2. The highest BCUT2D eigenvalue weighted by Gasteiger charge is 2.32. The van der Waals surface area contributed by atoms with Crippen molar-refractivity contribution in [3.8, 4) is 5.75 Å². The van der Waals surface area contributed by atoms with Crippen LogP contribution in [0.25, 0.3) is 0 Å². The molecule has 0 radical (unpaired) electrons. The lowest BCUT2D eigenvalue weighted by Crippen LogP contribution is -2.18. The largest absolute Gasteiger partial charge is 0.490 e. The third-order valence-electron chi connectivity index (χ3n) is 5.36. The van der Waals surface area contributed by atoms with Gasteiger partial charge in [0.05, 0.1) is 0 Å². The molecule has 2 aromatic carbocycles. The van der Waals surface area contributed by atoms with Gasteiger partial charge in [0.1, 0.15) is 24.7 Å². The van der Waals surface area contributed by atoms with Crippen molar-refractivity contribution in [2.45, 2.75) is 25.7 Å². The van der Waals surface area contributed by atoms with Crippen LogP contribution in [0, 0.1) is 6.92 Å². The van der Waals surface area contributed by atoms with Crippen molar-refractivity contribution in [2.24, 2.45) is 0 Å². The zero-order chi connectivity index (χ0) is 21.1. The number of rotatable bonds is 6. The lowest BCUT2D eigenvalue weighted by Gasteiger charge is -2.22. The van der Waals surface area contributed by atoms with Crippen molar-refractivity contribution >= 4 is 23.4 Å². The Morgan fingerprint density at radius 2 is 1.80 bits per heavy atom. The molecule has 0 saturated heterocycles. The summed E-state index contributed by atoms with van der Waals surface area (Å²) in [5.41, 5.74) is 3.46. The maximum Gasteiger partial charge on any atom is 0.355 e. The number of fused-ring (bicyclic) bond motifs is 1. The van der Waals surface area contributed by atoms with Gasteiger partial charge in [-0.25, -0.2) is 4.79 Å². The molecule has 154 valence electrons. The summed E-state index contributed by atoms with van der Waals surface area (Å²) in [7, 11) is 0. The molecule has 0 aliphatic heterocycles. The molecule has 5 nitrogen and oxygen atoms in total. The SMILES string of the molecule is Cc1c(C(=O)OCCOc2ccccc2)[nH]c2c1C(=O)C[C@@H](c1ccc(Cl)cc1)C2. The zero-order valence-corrected chi connectivity index (χ0v) is 17.4. The van der Waals surface area contributed by atoms with Crippen LogP contribution in [0.15, 0.2) is 54.6 Å². The maximum atomic E-state index is 12.8. The van der Waals surface area contributed by atoms with Crippen LogP contribution < -0.4 is 4.74 Å². The Morgan fingerprint density at radius 3 is 2.53 bits per heavy atom. The van der Waals surface area contributed by atoms with E-state index in [4.69, 9.17) is 21.1 Å². The number of nitrogens with one attached hydrogen (secondary N) is 1. The van der Waals surface area contributed by atoms with Crippen LogP contribution >= 0.6 is 11.6 Å². The van der Waals surface area contributed by atoms with Crippen LogP contribution in [0.5, 0.6) is 5.75 Å². The van der Waals surface area contributed by atoms with Crippen molar-refractivity contribution in [3.63, 3.8) is 0 Å². The first-order chi connectivity index (χ1) is 14.5. The van der Waals surface area contributed by atoms with E-state index in [1.807, 2.05) is 54.6 Å². The predicted molar refractivity (Wildman–Crippen MR) is 115 cm³/mol. The minimum Gasteiger partial charge on any atom is -0.490 e. The Bertz CT molecular complexity index is 1060. The van der Waals surface area contributed by atoms with Gasteiger partial charge in [0.2, 0.25) is 0 Å². The number of esters is 1. The van der Waals surface area contributed by atoms with Crippen molar-refractivity contribution in [2.75, 3.05) is 13.2 Å². The third-order valence-corrected chi connectivity index (χ3v) is 5.61. The first kappa shape index (κ1) is 20.2. The smallest absolute Gasteiger partial charge is 0.355 e. The van der Waals surface area contributed by atoms with Gasteiger partial charge in [-0.1, -0.05) is 41.9 Å². The van der Waals surface area contributed by atoms with Crippen LogP contribution in [0.2, 0.25) is 5.02 Å². The van der Waals surface area contributed by atoms with Gasteiger partial charge in [0, 0.05) is 22.7 Å². The summed E-state index contributed by atoms with van der Waals surface area (Å²) in [5.74, 6) is 0.341. The van der Waals surface area contributed by atoms with Gasteiger partial charge in [0.15, 0.2) is 5.78 Å². The number of aromatic nitrogens is 1.